The first-order valence-corrected chi connectivity index (χ1v) is 9.54. The Balaban J connectivity index is 1.45. The topological polar surface area (TPSA) is 61.6 Å². The minimum Gasteiger partial charge on any atom is -0.360 e. The number of amides is 2. The molecule has 2 aromatic carbocycles. The molecule has 144 valence electrons. The molecule has 2 amide bonds. The summed E-state index contributed by atoms with van der Waals surface area (Å²) in [6.07, 6.45) is 0. The summed E-state index contributed by atoms with van der Waals surface area (Å²) < 4.78 is 5.01. The zero-order valence-electron chi connectivity index (χ0n) is 15.9. The van der Waals surface area contributed by atoms with Crippen molar-refractivity contribution in [2.45, 2.75) is 13.0 Å². The van der Waals surface area contributed by atoms with E-state index >= 15 is 0 Å². The fourth-order valence-corrected chi connectivity index (χ4v) is 3.68. The van der Waals surface area contributed by atoms with Crippen LogP contribution in [0.2, 0.25) is 0 Å². The number of carbonyl (C=O) groups is 1. The van der Waals surface area contributed by atoms with Crippen LogP contribution in [0.1, 0.15) is 22.9 Å². The Morgan fingerprint density at radius 3 is 2.04 bits per heavy atom. The van der Waals surface area contributed by atoms with Crippen LogP contribution in [-0.4, -0.2) is 47.2 Å². The monoisotopic (exact) mass is 376 g/mol. The summed E-state index contributed by atoms with van der Waals surface area (Å²) in [6.45, 7) is 4.74. The molecule has 1 aromatic heterocycles. The standard InChI is InChI=1S/C22H24N4O2/c1-17-16-20(24-28-17)23-22(27)26-14-12-25(13-15-26)21(18-8-4-2-5-9-18)19-10-6-3-7-11-19/h2-11,16,21H,12-15H2,1H3,(H,23,24,27). The predicted molar refractivity (Wildman–Crippen MR) is 108 cm³/mol. The Kier molecular flexibility index (Phi) is 5.39. The molecule has 6 heteroatoms. The molecule has 0 spiro atoms. The summed E-state index contributed by atoms with van der Waals surface area (Å²) in [5.74, 6) is 1.13. The van der Waals surface area contributed by atoms with Crippen LogP contribution in [0.4, 0.5) is 10.6 Å². The van der Waals surface area contributed by atoms with E-state index < -0.39 is 0 Å². The number of rotatable bonds is 4. The van der Waals surface area contributed by atoms with Gasteiger partial charge < -0.3 is 9.42 Å². The van der Waals surface area contributed by atoms with Gasteiger partial charge in [-0.2, -0.15) is 0 Å². The number of carbonyl (C=O) groups excluding carboxylic acids is 1. The molecular formula is C22H24N4O2. The SMILES string of the molecule is Cc1cc(NC(=O)N2CCN(C(c3ccccc3)c3ccccc3)CC2)no1. The van der Waals surface area contributed by atoms with Crippen molar-refractivity contribution in [2.24, 2.45) is 0 Å². The molecular weight excluding hydrogens is 352 g/mol. The van der Waals surface area contributed by atoms with Gasteiger partial charge in [-0.1, -0.05) is 65.8 Å². The molecule has 2 heterocycles. The number of aryl methyl sites for hydroxylation is 1. The second-order valence-electron chi connectivity index (χ2n) is 7.00. The van der Waals surface area contributed by atoms with Crippen LogP contribution in [0.15, 0.2) is 71.3 Å². The lowest BCUT2D eigenvalue weighted by atomic mass is 9.96. The molecule has 0 radical (unpaired) electrons. The van der Waals surface area contributed by atoms with Crippen LogP contribution in [0.5, 0.6) is 0 Å². The quantitative estimate of drug-likeness (QED) is 0.750. The van der Waals surface area contributed by atoms with Crippen molar-refractivity contribution in [1.29, 1.82) is 0 Å². The number of nitrogens with one attached hydrogen (secondary N) is 1. The molecule has 1 aliphatic heterocycles. The van der Waals surface area contributed by atoms with Gasteiger partial charge >= 0.3 is 6.03 Å². The van der Waals surface area contributed by atoms with E-state index in [0.717, 1.165) is 13.1 Å². The van der Waals surface area contributed by atoms with Crippen LogP contribution < -0.4 is 5.32 Å². The molecule has 4 rings (SSSR count). The first-order chi connectivity index (χ1) is 13.7. The number of piperazine rings is 1. The third-order valence-corrected chi connectivity index (χ3v) is 5.06. The third kappa shape index (κ3) is 4.07. The van der Waals surface area contributed by atoms with Crippen molar-refractivity contribution in [3.05, 3.63) is 83.6 Å². The van der Waals surface area contributed by atoms with Crippen molar-refractivity contribution >= 4 is 11.8 Å². The lowest BCUT2D eigenvalue weighted by Gasteiger charge is -2.39. The van der Waals surface area contributed by atoms with Gasteiger partial charge in [0.1, 0.15) is 5.76 Å². The fraction of sp³-hybridized carbons (Fsp3) is 0.273. The van der Waals surface area contributed by atoms with Crippen LogP contribution in [0.3, 0.4) is 0 Å². The number of aromatic nitrogens is 1. The summed E-state index contributed by atoms with van der Waals surface area (Å²) in [5.41, 5.74) is 2.54. The first-order valence-electron chi connectivity index (χ1n) is 9.54. The zero-order valence-corrected chi connectivity index (χ0v) is 15.9. The van der Waals surface area contributed by atoms with Crippen LogP contribution >= 0.6 is 0 Å². The van der Waals surface area contributed by atoms with E-state index in [4.69, 9.17) is 4.52 Å². The van der Waals surface area contributed by atoms with Crippen LogP contribution in [0, 0.1) is 6.92 Å². The molecule has 1 aliphatic rings. The highest BCUT2D eigenvalue weighted by atomic mass is 16.5. The maximum atomic E-state index is 12.5. The molecule has 0 aliphatic carbocycles. The molecule has 3 aromatic rings. The molecule has 0 unspecified atom stereocenters. The average Bonchev–Trinajstić information content (AvgIpc) is 3.15. The Morgan fingerprint density at radius 1 is 0.964 bits per heavy atom. The smallest absolute Gasteiger partial charge is 0.323 e. The van der Waals surface area contributed by atoms with E-state index in [-0.39, 0.29) is 12.1 Å². The molecule has 0 bridgehead atoms. The lowest BCUT2D eigenvalue weighted by molar-refractivity contribution is 0.126. The van der Waals surface area contributed by atoms with E-state index in [1.54, 1.807) is 13.0 Å². The third-order valence-electron chi connectivity index (χ3n) is 5.06. The Labute approximate surface area is 164 Å². The number of hydrogen-bond donors (Lipinski definition) is 1. The molecule has 28 heavy (non-hydrogen) atoms. The number of anilines is 1. The minimum atomic E-state index is -0.135. The van der Waals surface area contributed by atoms with Gasteiger partial charge in [-0.05, 0) is 18.1 Å². The molecule has 6 nitrogen and oxygen atoms in total. The minimum absolute atomic E-state index is 0.135. The van der Waals surface area contributed by atoms with Crippen molar-refractivity contribution in [2.75, 3.05) is 31.5 Å². The van der Waals surface area contributed by atoms with Gasteiger partial charge in [0.15, 0.2) is 5.82 Å². The van der Waals surface area contributed by atoms with E-state index in [1.165, 1.54) is 11.1 Å². The highest BCUT2D eigenvalue weighted by Crippen LogP contribution is 2.29. The fourth-order valence-electron chi connectivity index (χ4n) is 3.68. The van der Waals surface area contributed by atoms with Crippen molar-refractivity contribution in [1.82, 2.24) is 15.0 Å². The van der Waals surface area contributed by atoms with Gasteiger partial charge in [0.2, 0.25) is 0 Å². The van der Waals surface area contributed by atoms with E-state index in [9.17, 15) is 4.79 Å². The van der Waals surface area contributed by atoms with E-state index in [0.29, 0.717) is 24.7 Å². The van der Waals surface area contributed by atoms with Gasteiger partial charge in [-0.25, -0.2) is 4.79 Å². The molecule has 0 atom stereocenters. The Morgan fingerprint density at radius 2 is 1.54 bits per heavy atom. The Hall–Kier alpha value is -3.12. The summed E-state index contributed by atoms with van der Waals surface area (Å²) in [6, 6.07) is 22.8. The summed E-state index contributed by atoms with van der Waals surface area (Å²) in [4.78, 5) is 16.8. The van der Waals surface area contributed by atoms with E-state index in [1.807, 2.05) is 17.0 Å². The second kappa shape index (κ2) is 8.27. The summed E-state index contributed by atoms with van der Waals surface area (Å²) >= 11 is 0. The van der Waals surface area contributed by atoms with Gasteiger partial charge in [-0.3, -0.25) is 10.2 Å². The van der Waals surface area contributed by atoms with Crippen LogP contribution in [0.25, 0.3) is 0 Å². The number of nitrogens with zero attached hydrogens (tertiary/aromatic N) is 3. The van der Waals surface area contributed by atoms with Crippen molar-refractivity contribution in [3.8, 4) is 0 Å². The maximum absolute atomic E-state index is 12.5. The number of benzene rings is 2. The molecule has 1 fully saturated rings. The van der Waals surface area contributed by atoms with E-state index in [2.05, 4.69) is 63.9 Å². The number of hydrogen-bond acceptors (Lipinski definition) is 4. The molecule has 1 saturated heterocycles. The zero-order chi connectivity index (χ0) is 19.3. The average molecular weight is 376 g/mol. The van der Waals surface area contributed by atoms with Gasteiger partial charge in [0.25, 0.3) is 0 Å². The molecule has 0 saturated carbocycles. The van der Waals surface area contributed by atoms with Crippen LogP contribution in [-0.2, 0) is 0 Å². The molecule has 1 N–H and O–H groups in total. The van der Waals surface area contributed by atoms with Crippen molar-refractivity contribution in [3.63, 3.8) is 0 Å². The highest BCUT2D eigenvalue weighted by molar-refractivity contribution is 5.88. The largest absolute Gasteiger partial charge is 0.360 e. The van der Waals surface area contributed by atoms with Gasteiger partial charge in [-0.15, -0.1) is 0 Å². The Bertz CT molecular complexity index is 863. The van der Waals surface area contributed by atoms with Gasteiger partial charge in [0.05, 0.1) is 6.04 Å². The highest BCUT2D eigenvalue weighted by Gasteiger charge is 2.28. The normalized spacial score (nSPS) is 15.0. The summed E-state index contributed by atoms with van der Waals surface area (Å²) in [7, 11) is 0. The van der Waals surface area contributed by atoms with Gasteiger partial charge in [0, 0.05) is 32.2 Å². The first kappa shape index (κ1) is 18.3. The van der Waals surface area contributed by atoms with Crippen molar-refractivity contribution < 1.29 is 9.32 Å². The second-order valence-corrected chi connectivity index (χ2v) is 7.00. The predicted octanol–water partition coefficient (Wildman–Crippen LogP) is 3.92. The maximum Gasteiger partial charge on any atom is 0.323 e. The lowest BCUT2D eigenvalue weighted by Crippen LogP contribution is -2.51. The summed E-state index contributed by atoms with van der Waals surface area (Å²) in [5, 5.41) is 6.63. The number of urea groups is 1.